The molecule has 0 atom stereocenters. The summed E-state index contributed by atoms with van der Waals surface area (Å²) in [5, 5.41) is 0. The highest BCUT2D eigenvalue weighted by Crippen LogP contribution is 2.16. The third kappa shape index (κ3) is 5.05. The van der Waals surface area contributed by atoms with E-state index in [0.29, 0.717) is 38.3 Å². The van der Waals surface area contributed by atoms with Gasteiger partial charge in [0.1, 0.15) is 11.6 Å². The molecular formula is C25H24ClF2N5. The summed E-state index contributed by atoms with van der Waals surface area (Å²) >= 11 is 0. The van der Waals surface area contributed by atoms with Crippen LogP contribution in [0, 0.1) is 11.6 Å². The molecule has 0 saturated heterocycles. The van der Waals surface area contributed by atoms with Crippen LogP contribution < -0.4 is 0 Å². The van der Waals surface area contributed by atoms with Crippen LogP contribution >= 0.6 is 12.4 Å². The standard InChI is InChI=1S/C25H23F2N5.ClH/c26-20-10-9-19(21(27)15-20)16-30(11-13-31-17-28-22-5-1-3-7-24(22)31)12-14-32-18-29-23-6-2-4-8-25(23)32;/h1-10,15,17-18H,11-14,16H2;1H. The van der Waals surface area contributed by atoms with E-state index in [1.54, 1.807) is 0 Å². The molecule has 2 aromatic heterocycles. The number of fused-ring (bicyclic) bond motifs is 2. The number of para-hydroxylation sites is 4. The van der Waals surface area contributed by atoms with Crippen molar-refractivity contribution in [3.05, 3.63) is 96.6 Å². The van der Waals surface area contributed by atoms with Crippen molar-refractivity contribution in [2.24, 2.45) is 0 Å². The third-order valence-corrected chi connectivity index (χ3v) is 5.78. The monoisotopic (exact) mass is 467 g/mol. The Hall–Kier alpha value is -3.29. The van der Waals surface area contributed by atoms with Gasteiger partial charge in [-0.05, 0) is 30.3 Å². The largest absolute Gasteiger partial charge is 0.329 e. The van der Waals surface area contributed by atoms with Crippen LogP contribution in [0.2, 0.25) is 0 Å². The van der Waals surface area contributed by atoms with Gasteiger partial charge in [0, 0.05) is 44.4 Å². The molecule has 8 heteroatoms. The van der Waals surface area contributed by atoms with Gasteiger partial charge in [-0.15, -0.1) is 12.4 Å². The number of rotatable bonds is 8. The van der Waals surface area contributed by atoms with Crippen molar-refractivity contribution in [3.63, 3.8) is 0 Å². The molecule has 5 nitrogen and oxygen atoms in total. The summed E-state index contributed by atoms with van der Waals surface area (Å²) in [6, 6.07) is 19.8. The second-order valence-electron chi connectivity index (χ2n) is 7.87. The van der Waals surface area contributed by atoms with Crippen LogP contribution in [0.25, 0.3) is 22.1 Å². The lowest BCUT2D eigenvalue weighted by Crippen LogP contribution is -2.30. The average molecular weight is 468 g/mol. The number of imidazole rings is 2. The fourth-order valence-corrected chi connectivity index (χ4v) is 4.04. The molecule has 0 N–H and O–H groups in total. The van der Waals surface area contributed by atoms with Crippen LogP contribution in [-0.4, -0.2) is 37.1 Å². The first-order chi connectivity index (χ1) is 15.7. The number of aromatic nitrogens is 4. The summed E-state index contributed by atoms with van der Waals surface area (Å²) in [6.45, 7) is 3.22. The Kier molecular flexibility index (Phi) is 7.01. The minimum absolute atomic E-state index is 0. The number of nitrogens with zero attached hydrogens (tertiary/aromatic N) is 5. The van der Waals surface area contributed by atoms with Gasteiger partial charge in [0.25, 0.3) is 0 Å². The molecule has 170 valence electrons. The van der Waals surface area contributed by atoms with Gasteiger partial charge >= 0.3 is 0 Å². The zero-order valence-corrected chi connectivity index (χ0v) is 18.8. The maximum absolute atomic E-state index is 14.4. The number of hydrogen-bond donors (Lipinski definition) is 0. The number of benzene rings is 3. The predicted molar refractivity (Wildman–Crippen MR) is 128 cm³/mol. The van der Waals surface area contributed by atoms with E-state index in [4.69, 9.17) is 0 Å². The lowest BCUT2D eigenvalue weighted by Gasteiger charge is -2.23. The van der Waals surface area contributed by atoms with Gasteiger partial charge in [-0.25, -0.2) is 18.7 Å². The van der Waals surface area contributed by atoms with Crippen molar-refractivity contribution < 1.29 is 8.78 Å². The highest BCUT2D eigenvalue weighted by Gasteiger charge is 2.13. The van der Waals surface area contributed by atoms with Crippen LogP contribution in [0.5, 0.6) is 0 Å². The summed E-state index contributed by atoms with van der Waals surface area (Å²) in [5.74, 6) is -1.08. The molecule has 0 fully saturated rings. The molecule has 33 heavy (non-hydrogen) atoms. The van der Waals surface area contributed by atoms with E-state index in [1.807, 2.05) is 61.2 Å². The van der Waals surface area contributed by atoms with Crippen LogP contribution in [-0.2, 0) is 19.6 Å². The highest BCUT2D eigenvalue weighted by molar-refractivity contribution is 5.85. The first kappa shape index (κ1) is 22.9. The van der Waals surface area contributed by atoms with Crippen molar-refractivity contribution in [2.75, 3.05) is 13.1 Å². The van der Waals surface area contributed by atoms with Gasteiger partial charge in [0.15, 0.2) is 0 Å². The summed E-state index contributed by atoms with van der Waals surface area (Å²) < 4.78 is 31.9. The fraction of sp³-hybridized carbons (Fsp3) is 0.200. The second kappa shape index (κ2) is 10.1. The van der Waals surface area contributed by atoms with Crippen LogP contribution in [0.1, 0.15) is 5.56 Å². The summed E-state index contributed by atoms with van der Waals surface area (Å²) in [7, 11) is 0. The van der Waals surface area contributed by atoms with E-state index in [2.05, 4.69) is 24.0 Å². The molecule has 0 saturated carbocycles. The first-order valence-electron chi connectivity index (χ1n) is 10.6. The third-order valence-electron chi connectivity index (χ3n) is 5.78. The highest BCUT2D eigenvalue weighted by atomic mass is 35.5. The molecule has 0 spiro atoms. The second-order valence-corrected chi connectivity index (χ2v) is 7.87. The number of hydrogen-bond acceptors (Lipinski definition) is 3. The SMILES string of the molecule is Cl.Fc1ccc(CN(CCn2cnc3ccccc32)CCn2cnc3ccccc32)c(F)c1. The van der Waals surface area contributed by atoms with Gasteiger partial charge in [-0.2, -0.15) is 0 Å². The average Bonchev–Trinajstić information content (AvgIpc) is 3.41. The lowest BCUT2D eigenvalue weighted by molar-refractivity contribution is 0.243. The van der Waals surface area contributed by atoms with Gasteiger partial charge in [0.05, 0.1) is 34.7 Å². The van der Waals surface area contributed by atoms with E-state index < -0.39 is 11.6 Å². The number of halogens is 3. The summed E-state index contributed by atoms with van der Waals surface area (Å²) in [6.07, 6.45) is 3.68. The maximum atomic E-state index is 14.4. The van der Waals surface area contributed by atoms with Crippen molar-refractivity contribution in [1.29, 1.82) is 0 Å². The Morgan fingerprint density at radius 1 is 0.727 bits per heavy atom. The van der Waals surface area contributed by atoms with E-state index in [0.717, 1.165) is 28.1 Å². The predicted octanol–water partition coefficient (Wildman–Crippen LogP) is 5.29. The van der Waals surface area contributed by atoms with Gasteiger partial charge < -0.3 is 9.13 Å². The summed E-state index contributed by atoms with van der Waals surface area (Å²) in [4.78, 5) is 11.1. The lowest BCUT2D eigenvalue weighted by atomic mass is 10.2. The van der Waals surface area contributed by atoms with Crippen LogP contribution in [0.3, 0.4) is 0 Å². The van der Waals surface area contributed by atoms with Gasteiger partial charge in [-0.3, -0.25) is 4.90 Å². The molecular weight excluding hydrogens is 444 g/mol. The Morgan fingerprint density at radius 2 is 1.27 bits per heavy atom. The van der Waals surface area contributed by atoms with E-state index >= 15 is 0 Å². The molecule has 0 bridgehead atoms. The minimum Gasteiger partial charge on any atom is -0.329 e. The van der Waals surface area contributed by atoms with E-state index in [9.17, 15) is 8.78 Å². The molecule has 0 aliphatic rings. The Balaban J connectivity index is 0.00000259. The fourth-order valence-electron chi connectivity index (χ4n) is 4.04. The molecule has 5 aromatic rings. The molecule has 0 radical (unpaired) electrons. The topological polar surface area (TPSA) is 38.9 Å². The Morgan fingerprint density at radius 3 is 1.82 bits per heavy atom. The molecule has 0 unspecified atom stereocenters. The van der Waals surface area contributed by atoms with Crippen LogP contribution in [0.4, 0.5) is 8.78 Å². The van der Waals surface area contributed by atoms with E-state index in [-0.39, 0.29) is 12.4 Å². The molecule has 5 rings (SSSR count). The molecule has 0 amide bonds. The first-order valence-corrected chi connectivity index (χ1v) is 10.6. The maximum Gasteiger partial charge on any atom is 0.130 e. The van der Waals surface area contributed by atoms with E-state index in [1.165, 1.54) is 12.1 Å². The Bertz CT molecular complexity index is 1290. The van der Waals surface area contributed by atoms with Crippen molar-refractivity contribution in [1.82, 2.24) is 24.0 Å². The van der Waals surface area contributed by atoms with Gasteiger partial charge in [0.2, 0.25) is 0 Å². The zero-order valence-electron chi connectivity index (χ0n) is 17.9. The van der Waals surface area contributed by atoms with Crippen molar-refractivity contribution >= 4 is 34.5 Å². The summed E-state index contributed by atoms with van der Waals surface area (Å²) in [5.41, 5.74) is 4.53. The molecule has 3 aromatic carbocycles. The molecule has 2 heterocycles. The zero-order chi connectivity index (χ0) is 21.9. The quantitative estimate of drug-likeness (QED) is 0.311. The molecule has 0 aliphatic carbocycles. The smallest absolute Gasteiger partial charge is 0.130 e. The minimum atomic E-state index is -0.562. The van der Waals surface area contributed by atoms with Crippen LogP contribution in [0.15, 0.2) is 79.4 Å². The Labute approximate surface area is 196 Å². The van der Waals surface area contributed by atoms with Crippen molar-refractivity contribution in [2.45, 2.75) is 19.6 Å². The normalized spacial score (nSPS) is 11.4. The van der Waals surface area contributed by atoms with Gasteiger partial charge in [-0.1, -0.05) is 30.3 Å². The van der Waals surface area contributed by atoms with Crippen molar-refractivity contribution in [3.8, 4) is 0 Å². The molecule has 0 aliphatic heterocycles.